The molecule has 6 heteroatoms. The van der Waals surface area contributed by atoms with E-state index in [2.05, 4.69) is 20.9 Å². The molecule has 27 heavy (non-hydrogen) atoms. The molecule has 0 N–H and O–H groups in total. The second-order valence-electron chi connectivity index (χ2n) is 6.31. The van der Waals surface area contributed by atoms with Crippen LogP contribution in [0.25, 0.3) is 5.69 Å². The molecule has 0 fully saturated rings. The van der Waals surface area contributed by atoms with E-state index in [0.29, 0.717) is 10.6 Å². The minimum absolute atomic E-state index is 0.0108. The smallest absolute Gasteiger partial charge is 0.287 e. The molecule has 1 unspecified atom stereocenters. The fourth-order valence-corrected chi connectivity index (χ4v) is 3.79. The zero-order valence-electron chi connectivity index (χ0n) is 15.3. The van der Waals surface area contributed by atoms with Crippen molar-refractivity contribution < 1.29 is 4.79 Å². The van der Waals surface area contributed by atoms with Gasteiger partial charge in [-0.1, -0.05) is 39.8 Å². The Kier molecular flexibility index (Phi) is 5.97. The number of thioether (sulfide) groups is 1. The van der Waals surface area contributed by atoms with Gasteiger partial charge in [0, 0.05) is 28.1 Å². The van der Waals surface area contributed by atoms with E-state index in [-0.39, 0.29) is 11.3 Å². The van der Waals surface area contributed by atoms with Crippen molar-refractivity contribution in [3.63, 3.8) is 0 Å². The summed E-state index contributed by atoms with van der Waals surface area (Å²) in [5.74, 6) is -0.0108. The summed E-state index contributed by atoms with van der Waals surface area (Å²) in [4.78, 5) is 29.8. The van der Waals surface area contributed by atoms with Gasteiger partial charge in [0.25, 0.3) is 5.56 Å². The molecule has 0 aliphatic carbocycles. The molecule has 0 radical (unpaired) electrons. The van der Waals surface area contributed by atoms with Crippen molar-refractivity contribution in [2.75, 3.05) is 0 Å². The van der Waals surface area contributed by atoms with Crippen molar-refractivity contribution in [3.8, 4) is 5.69 Å². The fourth-order valence-electron chi connectivity index (χ4n) is 2.63. The van der Waals surface area contributed by atoms with Gasteiger partial charge >= 0.3 is 0 Å². The van der Waals surface area contributed by atoms with Gasteiger partial charge in [0.1, 0.15) is 0 Å². The van der Waals surface area contributed by atoms with Gasteiger partial charge in [0.05, 0.1) is 5.25 Å². The number of benzene rings is 2. The molecule has 1 aromatic heterocycles. The maximum atomic E-state index is 12.8. The number of halogens is 1. The maximum absolute atomic E-state index is 12.8. The second-order valence-corrected chi connectivity index (χ2v) is 8.55. The Morgan fingerprint density at radius 1 is 1.11 bits per heavy atom. The van der Waals surface area contributed by atoms with Crippen LogP contribution >= 0.6 is 27.7 Å². The summed E-state index contributed by atoms with van der Waals surface area (Å²) in [5, 5.41) is -0.0989. The molecule has 0 bridgehead atoms. The Morgan fingerprint density at radius 3 is 2.48 bits per heavy atom. The monoisotopic (exact) mass is 442 g/mol. The van der Waals surface area contributed by atoms with E-state index in [1.54, 1.807) is 19.3 Å². The quantitative estimate of drug-likeness (QED) is 0.413. The van der Waals surface area contributed by atoms with Crippen molar-refractivity contribution in [3.05, 3.63) is 86.4 Å². The number of carbonyl (C=O) groups is 1. The molecule has 3 rings (SSSR count). The van der Waals surface area contributed by atoms with Gasteiger partial charge in [-0.05, 0) is 62.2 Å². The molecule has 3 aromatic rings. The van der Waals surface area contributed by atoms with Crippen LogP contribution in [0.3, 0.4) is 0 Å². The van der Waals surface area contributed by atoms with Crippen molar-refractivity contribution in [2.24, 2.45) is 0 Å². The third-order valence-corrected chi connectivity index (χ3v) is 5.96. The number of ketones is 1. The van der Waals surface area contributed by atoms with Crippen LogP contribution in [0.2, 0.25) is 0 Å². The van der Waals surface area contributed by atoms with Crippen LogP contribution in [-0.2, 0) is 0 Å². The number of aryl methyl sites for hydroxylation is 2. The minimum Gasteiger partial charge on any atom is -0.293 e. The SMILES string of the molecule is Cc1ccc(C(=O)C(C)Sc2nccn(-c3ccc(Br)cc3)c2=O)cc1C. The minimum atomic E-state index is -0.409. The molecule has 1 atom stereocenters. The predicted octanol–water partition coefficient (Wildman–Crippen LogP) is 4.98. The average Bonchev–Trinajstić information content (AvgIpc) is 2.66. The van der Waals surface area contributed by atoms with Crippen LogP contribution in [-0.4, -0.2) is 20.6 Å². The van der Waals surface area contributed by atoms with E-state index < -0.39 is 5.25 Å². The first kappa shape index (κ1) is 19.6. The molecular weight excluding hydrogens is 424 g/mol. The average molecular weight is 443 g/mol. The lowest BCUT2D eigenvalue weighted by molar-refractivity contribution is 0.0994. The molecule has 2 aromatic carbocycles. The molecule has 4 nitrogen and oxygen atoms in total. The highest BCUT2D eigenvalue weighted by molar-refractivity contribution is 9.10. The summed E-state index contributed by atoms with van der Waals surface area (Å²) in [7, 11) is 0. The topological polar surface area (TPSA) is 52.0 Å². The standard InChI is InChI=1S/C21H19BrN2O2S/c1-13-4-5-16(12-14(13)2)19(25)15(3)27-20-21(26)24(11-10-23-20)18-8-6-17(22)7-9-18/h4-12,15H,1-3H3. The van der Waals surface area contributed by atoms with Crippen LogP contribution in [0.1, 0.15) is 28.4 Å². The lowest BCUT2D eigenvalue weighted by Crippen LogP contribution is -2.23. The molecular formula is C21H19BrN2O2S. The zero-order chi connectivity index (χ0) is 19.6. The summed E-state index contributed by atoms with van der Waals surface area (Å²) in [5.41, 5.74) is 3.40. The van der Waals surface area contributed by atoms with Crippen LogP contribution < -0.4 is 5.56 Å². The van der Waals surface area contributed by atoms with Crippen LogP contribution in [0.4, 0.5) is 0 Å². The Bertz CT molecular complexity index is 1040. The van der Waals surface area contributed by atoms with E-state index in [1.165, 1.54) is 16.3 Å². The van der Waals surface area contributed by atoms with Gasteiger partial charge in [0.15, 0.2) is 10.8 Å². The van der Waals surface area contributed by atoms with E-state index >= 15 is 0 Å². The summed E-state index contributed by atoms with van der Waals surface area (Å²) in [6, 6.07) is 13.1. The maximum Gasteiger partial charge on any atom is 0.287 e. The number of hydrogen-bond acceptors (Lipinski definition) is 4. The molecule has 1 heterocycles. The molecule has 0 saturated carbocycles. The molecule has 138 valence electrons. The van der Waals surface area contributed by atoms with Gasteiger partial charge in [-0.25, -0.2) is 4.98 Å². The fraction of sp³-hybridized carbons (Fsp3) is 0.190. The predicted molar refractivity (Wildman–Crippen MR) is 113 cm³/mol. The van der Waals surface area contributed by atoms with Crippen molar-refractivity contribution >= 4 is 33.5 Å². The van der Waals surface area contributed by atoms with Crippen molar-refractivity contribution in [2.45, 2.75) is 31.0 Å². The van der Waals surface area contributed by atoms with E-state index in [0.717, 1.165) is 21.3 Å². The molecule has 0 aliphatic rings. The second kappa shape index (κ2) is 8.23. The number of carbonyl (C=O) groups excluding carboxylic acids is 1. The van der Waals surface area contributed by atoms with E-state index in [9.17, 15) is 9.59 Å². The molecule has 0 spiro atoms. The van der Waals surface area contributed by atoms with Crippen LogP contribution in [0.5, 0.6) is 0 Å². The Morgan fingerprint density at radius 2 is 1.81 bits per heavy atom. The van der Waals surface area contributed by atoms with Gasteiger partial charge in [0.2, 0.25) is 0 Å². The lowest BCUT2D eigenvalue weighted by Gasteiger charge is -2.12. The zero-order valence-corrected chi connectivity index (χ0v) is 17.7. The summed E-state index contributed by atoms with van der Waals surface area (Å²) >= 11 is 4.58. The normalized spacial score (nSPS) is 12.0. The van der Waals surface area contributed by atoms with Gasteiger partial charge in [-0.2, -0.15) is 0 Å². The highest BCUT2D eigenvalue weighted by Gasteiger charge is 2.20. The lowest BCUT2D eigenvalue weighted by atomic mass is 10.0. The molecule has 0 aliphatic heterocycles. The van der Waals surface area contributed by atoms with Crippen molar-refractivity contribution in [1.82, 2.24) is 9.55 Å². The number of hydrogen-bond donors (Lipinski definition) is 0. The van der Waals surface area contributed by atoms with Crippen LogP contribution in [0, 0.1) is 13.8 Å². The van der Waals surface area contributed by atoms with Gasteiger partial charge < -0.3 is 0 Å². The summed E-state index contributed by atoms with van der Waals surface area (Å²) < 4.78 is 2.48. The van der Waals surface area contributed by atoms with E-state index in [4.69, 9.17) is 0 Å². The first-order valence-corrected chi connectivity index (χ1v) is 10.2. The largest absolute Gasteiger partial charge is 0.293 e. The van der Waals surface area contributed by atoms with Crippen LogP contribution in [0.15, 0.2) is 69.2 Å². The Balaban J connectivity index is 1.86. The Labute approximate surface area is 170 Å². The highest BCUT2D eigenvalue weighted by atomic mass is 79.9. The number of rotatable bonds is 5. The van der Waals surface area contributed by atoms with Crippen molar-refractivity contribution in [1.29, 1.82) is 0 Å². The van der Waals surface area contributed by atoms with Gasteiger partial charge in [-0.15, -0.1) is 0 Å². The number of nitrogens with zero attached hydrogens (tertiary/aromatic N) is 2. The third kappa shape index (κ3) is 4.39. The summed E-state index contributed by atoms with van der Waals surface area (Å²) in [6.45, 7) is 5.81. The molecule has 0 saturated heterocycles. The highest BCUT2D eigenvalue weighted by Crippen LogP contribution is 2.23. The first-order valence-electron chi connectivity index (χ1n) is 8.48. The van der Waals surface area contributed by atoms with Gasteiger partial charge in [-0.3, -0.25) is 14.2 Å². The number of aromatic nitrogens is 2. The molecule has 0 amide bonds. The number of Topliss-reactive ketones (excluding diaryl/α,β-unsaturated/α-hetero) is 1. The Hall–Kier alpha value is -2.18. The first-order chi connectivity index (χ1) is 12.9. The third-order valence-electron chi connectivity index (χ3n) is 4.36. The summed E-state index contributed by atoms with van der Waals surface area (Å²) in [6.07, 6.45) is 3.21. The van der Waals surface area contributed by atoms with E-state index in [1.807, 2.05) is 56.3 Å².